The number of hydrogen-bond donors (Lipinski definition) is 1. The van der Waals surface area contributed by atoms with Gasteiger partial charge in [-0.05, 0) is 44.9 Å². The van der Waals surface area contributed by atoms with Gasteiger partial charge in [0.15, 0.2) is 0 Å². The summed E-state index contributed by atoms with van der Waals surface area (Å²) in [5.41, 5.74) is 5.75. The van der Waals surface area contributed by atoms with Crippen LogP contribution in [0.1, 0.15) is 70.6 Å². The fraction of sp³-hybridized carbons (Fsp3) is 0.857. The molecule has 0 unspecified atom stereocenters. The molecule has 108 valence electrons. The summed E-state index contributed by atoms with van der Waals surface area (Å²) in [5, 5.41) is 4.13. The standard InChI is InChI=1S/C14H25N3O2/c1-4-18-14(7-5-6-8-14)13-16-12(19-17-13)11(15)9-10(2)3/h10-11H,4-9,15H2,1-3H3/t11-/m1/s1. The van der Waals surface area contributed by atoms with Crippen LogP contribution in [0.3, 0.4) is 0 Å². The minimum Gasteiger partial charge on any atom is -0.367 e. The van der Waals surface area contributed by atoms with E-state index in [1.807, 2.05) is 6.92 Å². The normalized spacial score (nSPS) is 20.1. The van der Waals surface area contributed by atoms with Gasteiger partial charge >= 0.3 is 0 Å². The summed E-state index contributed by atoms with van der Waals surface area (Å²) in [5.74, 6) is 1.73. The van der Waals surface area contributed by atoms with Crippen LogP contribution in [0, 0.1) is 5.92 Å². The minimum atomic E-state index is -0.339. The number of aromatic nitrogens is 2. The van der Waals surface area contributed by atoms with E-state index < -0.39 is 0 Å². The van der Waals surface area contributed by atoms with Crippen LogP contribution in [-0.4, -0.2) is 16.7 Å². The number of ether oxygens (including phenoxy) is 1. The highest BCUT2D eigenvalue weighted by atomic mass is 16.5. The molecule has 0 aliphatic heterocycles. The molecule has 0 bridgehead atoms. The third kappa shape index (κ3) is 3.15. The Labute approximate surface area is 114 Å². The Morgan fingerprint density at radius 1 is 1.37 bits per heavy atom. The van der Waals surface area contributed by atoms with Crippen LogP contribution in [0.5, 0.6) is 0 Å². The highest BCUT2D eigenvalue weighted by Gasteiger charge is 2.41. The summed E-state index contributed by atoms with van der Waals surface area (Å²) in [6, 6.07) is -0.179. The summed E-state index contributed by atoms with van der Waals surface area (Å²) in [6.07, 6.45) is 5.10. The van der Waals surface area contributed by atoms with Crippen LogP contribution in [0.25, 0.3) is 0 Å². The molecule has 5 nitrogen and oxygen atoms in total. The molecular weight excluding hydrogens is 242 g/mol. The van der Waals surface area contributed by atoms with Gasteiger partial charge in [0.1, 0.15) is 5.60 Å². The van der Waals surface area contributed by atoms with Crippen molar-refractivity contribution in [2.24, 2.45) is 11.7 Å². The monoisotopic (exact) mass is 267 g/mol. The molecule has 2 N–H and O–H groups in total. The zero-order valence-electron chi connectivity index (χ0n) is 12.2. The summed E-state index contributed by atoms with van der Waals surface area (Å²) in [4.78, 5) is 4.51. The van der Waals surface area contributed by atoms with Crippen molar-refractivity contribution in [2.75, 3.05) is 6.61 Å². The molecule has 1 heterocycles. The maximum atomic E-state index is 6.09. The van der Waals surface area contributed by atoms with E-state index in [2.05, 4.69) is 24.0 Å². The van der Waals surface area contributed by atoms with E-state index in [9.17, 15) is 0 Å². The first kappa shape index (κ1) is 14.5. The Hall–Kier alpha value is -0.940. The molecule has 1 aliphatic carbocycles. The number of nitrogens with zero attached hydrogens (tertiary/aromatic N) is 2. The van der Waals surface area contributed by atoms with Crippen LogP contribution in [0.2, 0.25) is 0 Å². The summed E-state index contributed by atoms with van der Waals surface area (Å²) >= 11 is 0. The predicted molar refractivity (Wildman–Crippen MR) is 72.5 cm³/mol. The van der Waals surface area contributed by atoms with Crippen molar-refractivity contribution in [1.29, 1.82) is 0 Å². The molecule has 0 saturated heterocycles. The average Bonchev–Trinajstić information content (AvgIpc) is 2.96. The van der Waals surface area contributed by atoms with Gasteiger partial charge in [0.2, 0.25) is 11.7 Å². The summed E-state index contributed by atoms with van der Waals surface area (Å²) in [7, 11) is 0. The van der Waals surface area contributed by atoms with Crippen molar-refractivity contribution in [3.8, 4) is 0 Å². The lowest BCUT2D eigenvalue weighted by Gasteiger charge is -2.24. The van der Waals surface area contributed by atoms with E-state index in [1.165, 1.54) is 0 Å². The SMILES string of the molecule is CCOC1(c2noc([C@H](N)CC(C)C)n2)CCCC1. The molecule has 1 fully saturated rings. The number of rotatable bonds is 6. The second-order valence-corrected chi connectivity index (χ2v) is 5.83. The Bertz CT molecular complexity index is 397. The van der Waals surface area contributed by atoms with Crippen molar-refractivity contribution < 1.29 is 9.26 Å². The van der Waals surface area contributed by atoms with Crippen LogP contribution >= 0.6 is 0 Å². The predicted octanol–water partition coefficient (Wildman–Crippen LogP) is 2.92. The van der Waals surface area contributed by atoms with Crippen LogP contribution in [0.4, 0.5) is 0 Å². The van der Waals surface area contributed by atoms with Gasteiger partial charge in [-0.1, -0.05) is 19.0 Å². The Kier molecular flexibility index (Phi) is 4.58. The van der Waals surface area contributed by atoms with Crippen molar-refractivity contribution in [2.45, 2.75) is 64.5 Å². The third-order valence-corrected chi connectivity index (χ3v) is 3.72. The average molecular weight is 267 g/mol. The van der Waals surface area contributed by atoms with Crippen LogP contribution < -0.4 is 5.73 Å². The van der Waals surface area contributed by atoms with Crippen LogP contribution in [0.15, 0.2) is 4.52 Å². The van der Waals surface area contributed by atoms with E-state index >= 15 is 0 Å². The molecule has 1 aliphatic rings. The van der Waals surface area contributed by atoms with Gasteiger partial charge in [-0.15, -0.1) is 0 Å². The molecule has 1 aromatic heterocycles. The molecule has 5 heteroatoms. The molecule has 0 radical (unpaired) electrons. The molecule has 0 amide bonds. The Morgan fingerprint density at radius 3 is 2.63 bits per heavy atom. The largest absolute Gasteiger partial charge is 0.367 e. The van der Waals surface area contributed by atoms with Crippen molar-refractivity contribution in [3.63, 3.8) is 0 Å². The van der Waals surface area contributed by atoms with Crippen molar-refractivity contribution in [1.82, 2.24) is 10.1 Å². The highest BCUT2D eigenvalue weighted by Crippen LogP contribution is 2.41. The van der Waals surface area contributed by atoms with Gasteiger partial charge in [0.05, 0.1) is 6.04 Å². The van der Waals surface area contributed by atoms with Crippen LogP contribution in [-0.2, 0) is 10.3 Å². The summed E-state index contributed by atoms with van der Waals surface area (Å²) < 4.78 is 11.3. The minimum absolute atomic E-state index is 0.179. The van der Waals surface area contributed by atoms with Crippen molar-refractivity contribution >= 4 is 0 Å². The second-order valence-electron chi connectivity index (χ2n) is 5.83. The summed E-state index contributed by atoms with van der Waals surface area (Å²) in [6.45, 7) is 6.94. The maximum absolute atomic E-state index is 6.09. The Morgan fingerprint density at radius 2 is 2.05 bits per heavy atom. The first-order valence-corrected chi connectivity index (χ1v) is 7.31. The molecule has 0 aromatic carbocycles. The number of nitrogens with two attached hydrogens (primary N) is 1. The van der Waals surface area contributed by atoms with E-state index in [-0.39, 0.29) is 11.6 Å². The lowest BCUT2D eigenvalue weighted by Crippen LogP contribution is -2.28. The third-order valence-electron chi connectivity index (χ3n) is 3.72. The van der Waals surface area contributed by atoms with Gasteiger partial charge in [0, 0.05) is 6.61 Å². The quantitative estimate of drug-likeness (QED) is 0.857. The van der Waals surface area contributed by atoms with Gasteiger partial charge in [-0.3, -0.25) is 0 Å². The second kappa shape index (κ2) is 6.01. The fourth-order valence-electron chi connectivity index (χ4n) is 2.83. The van der Waals surface area contributed by atoms with Gasteiger partial charge < -0.3 is 15.0 Å². The Balaban J connectivity index is 2.14. The van der Waals surface area contributed by atoms with E-state index in [4.69, 9.17) is 15.0 Å². The number of hydrogen-bond acceptors (Lipinski definition) is 5. The molecule has 1 aromatic rings. The molecule has 2 rings (SSSR count). The lowest BCUT2D eigenvalue weighted by molar-refractivity contribution is -0.0469. The zero-order chi connectivity index (χ0) is 13.9. The first-order valence-electron chi connectivity index (χ1n) is 7.31. The van der Waals surface area contributed by atoms with Gasteiger partial charge in [-0.25, -0.2) is 0 Å². The molecular formula is C14H25N3O2. The maximum Gasteiger partial charge on any atom is 0.243 e. The highest BCUT2D eigenvalue weighted by molar-refractivity contribution is 5.05. The first-order chi connectivity index (χ1) is 9.07. The topological polar surface area (TPSA) is 74.2 Å². The van der Waals surface area contributed by atoms with Gasteiger partial charge in [0.25, 0.3) is 0 Å². The fourth-order valence-corrected chi connectivity index (χ4v) is 2.83. The van der Waals surface area contributed by atoms with Gasteiger partial charge in [-0.2, -0.15) is 4.98 Å². The molecule has 19 heavy (non-hydrogen) atoms. The molecule has 0 spiro atoms. The van der Waals surface area contributed by atoms with E-state index in [0.29, 0.717) is 24.2 Å². The molecule has 1 atom stereocenters. The smallest absolute Gasteiger partial charge is 0.243 e. The van der Waals surface area contributed by atoms with E-state index in [1.54, 1.807) is 0 Å². The molecule has 1 saturated carbocycles. The lowest BCUT2D eigenvalue weighted by atomic mass is 10.0. The van der Waals surface area contributed by atoms with Crippen molar-refractivity contribution in [3.05, 3.63) is 11.7 Å². The zero-order valence-corrected chi connectivity index (χ0v) is 12.2. The van der Waals surface area contributed by atoms with E-state index in [0.717, 1.165) is 32.1 Å².